The second-order valence-electron chi connectivity index (χ2n) is 4.78. The number of benzene rings is 1. The summed E-state index contributed by atoms with van der Waals surface area (Å²) in [6.07, 6.45) is 2.30. The lowest BCUT2D eigenvalue weighted by atomic mass is 10.3. The molecule has 0 bridgehead atoms. The van der Waals surface area contributed by atoms with Gasteiger partial charge < -0.3 is 4.57 Å². The summed E-state index contributed by atoms with van der Waals surface area (Å²) in [5.41, 5.74) is 0.782. The molecule has 3 rings (SSSR count). The van der Waals surface area contributed by atoms with Crippen LogP contribution in [0.25, 0.3) is 0 Å². The Balaban J connectivity index is 1.64. The van der Waals surface area contributed by atoms with Gasteiger partial charge in [0.05, 0.1) is 5.69 Å². The zero-order chi connectivity index (χ0) is 15.7. The Bertz CT molecular complexity index is 784. The van der Waals surface area contributed by atoms with Crippen LogP contribution in [0.3, 0.4) is 0 Å². The van der Waals surface area contributed by atoms with Crippen LogP contribution >= 0.6 is 11.8 Å². The number of thioether (sulfide) groups is 1. The maximum atomic E-state index is 13.5. The second kappa shape index (κ2) is 5.98. The third kappa shape index (κ3) is 3.16. The standard InChI is InChI=1S/C13H13F2N3O2S2/c14-9-1-2-12(11(15)7-9)22(19,20)16-4-3-10-8-18-5-6-21-13(18)17-10/h1-2,7-8,16H,3-6H2. The molecule has 2 aromatic rings. The number of aromatic nitrogens is 2. The van der Waals surface area contributed by atoms with Crippen LogP contribution in [0.4, 0.5) is 8.78 Å². The van der Waals surface area contributed by atoms with Gasteiger partial charge in [-0.1, -0.05) is 11.8 Å². The number of hydrogen-bond acceptors (Lipinski definition) is 4. The van der Waals surface area contributed by atoms with Gasteiger partial charge in [-0.15, -0.1) is 0 Å². The van der Waals surface area contributed by atoms with Gasteiger partial charge in [0.15, 0.2) is 5.16 Å². The molecule has 1 N–H and O–H groups in total. The van der Waals surface area contributed by atoms with E-state index in [9.17, 15) is 17.2 Å². The number of nitrogens with one attached hydrogen (secondary N) is 1. The number of hydrogen-bond donors (Lipinski definition) is 1. The Morgan fingerprint density at radius 2 is 2.18 bits per heavy atom. The van der Waals surface area contributed by atoms with Gasteiger partial charge in [-0.25, -0.2) is 26.9 Å². The maximum absolute atomic E-state index is 13.5. The Morgan fingerprint density at radius 3 is 2.91 bits per heavy atom. The molecule has 0 fully saturated rings. The molecule has 0 amide bonds. The van der Waals surface area contributed by atoms with Gasteiger partial charge in [0.2, 0.25) is 10.0 Å². The predicted molar refractivity (Wildman–Crippen MR) is 78.2 cm³/mol. The van der Waals surface area contributed by atoms with E-state index in [0.717, 1.165) is 35.3 Å². The van der Waals surface area contributed by atoms with E-state index in [-0.39, 0.29) is 6.54 Å². The first kappa shape index (κ1) is 15.4. The van der Waals surface area contributed by atoms with Crippen molar-refractivity contribution in [2.75, 3.05) is 12.3 Å². The Kier molecular flexibility index (Phi) is 4.20. The number of sulfonamides is 1. The molecule has 0 atom stereocenters. The highest BCUT2D eigenvalue weighted by atomic mass is 32.2. The quantitative estimate of drug-likeness (QED) is 0.897. The van der Waals surface area contributed by atoms with Crippen molar-refractivity contribution in [3.63, 3.8) is 0 Å². The molecular weight excluding hydrogens is 332 g/mol. The maximum Gasteiger partial charge on any atom is 0.243 e. The Morgan fingerprint density at radius 1 is 1.36 bits per heavy atom. The molecule has 1 aromatic heterocycles. The van der Waals surface area contributed by atoms with Crippen molar-refractivity contribution >= 4 is 21.8 Å². The lowest BCUT2D eigenvalue weighted by Crippen LogP contribution is -2.27. The van der Waals surface area contributed by atoms with E-state index >= 15 is 0 Å². The molecule has 0 saturated heterocycles. The van der Waals surface area contributed by atoms with Crippen molar-refractivity contribution in [1.82, 2.24) is 14.3 Å². The van der Waals surface area contributed by atoms with Crippen molar-refractivity contribution in [2.45, 2.75) is 23.0 Å². The molecule has 5 nitrogen and oxygen atoms in total. The van der Waals surface area contributed by atoms with E-state index in [1.54, 1.807) is 11.8 Å². The number of aryl methyl sites for hydroxylation is 1. The van der Waals surface area contributed by atoms with Crippen LogP contribution in [0, 0.1) is 11.6 Å². The Hall–Kier alpha value is -1.45. The summed E-state index contributed by atoms with van der Waals surface area (Å²) in [6, 6.07) is 2.37. The average molecular weight is 345 g/mol. The number of fused-ring (bicyclic) bond motifs is 1. The van der Waals surface area contributed by atoms with Crippen molar-refractivity contribution in [2.24, 2.45) is 0 Å². The van der Waals surface area contributed by atoms with Crippen LogP contribution in [0.1, 0.15) is 5.69 Å². The monoisotopic (exact) mass is 345 g/mol. The molecule has 118 valence electrons. The van der Waals surface area contributed by atoms with Crippen LogP contribution in [-0.4, -0.2) is 30.3 Å². The van der Waals surface area contributed by atoms with Gasteiger partial charge >= 0.3 is 0 Å². The van der Waals surface area contributed by atoms with E-state index in [1.807, 2.05) is 10.8 Å². The fourth-order valence-corrected chi connectivity index (χ4v) is 4.22. The highest BCUT2D eigenvalue weighted by Gasteiger charge is 2.20. The molecule has 0 aliphatic carbocycles. The smallest absolute Gasteiger partial charge is 0.243 e. The van der Waals surface area contributed by atoms with Gasteiger partial charge in [-0.2, -0.15) is 0 Å². The van der Waals surface area contributed by atoms with Gasteiger partial charge in [0, 0.05) is 37.5 Å². The third-order valence-corrected chi connectivity index (χ3v) is 5.67. The molecule has 0 radical (unpaired) electrons. The molecule has 22 heavy (non-hydrogen) atoms. The van der Waals surface area contributed by atoms with E-state index in [4.69, 9.17) is 0 Å². The first-order valence-electron chi connectivity index (χ1n) is 6.59. The predicted octanol–water partition coefficient (Wildman–Crippen LogP) is 1.79. The molecule has 9 heteroatoms. The molecule has 0 unspecified atom stereocenters. The van der Waals surface area contributed by atoms with E-state index in [2.05, 4.69) is 9.71 Å². The van der Waals surface area contributed by atoms with E-state index in [0.29, 0.717) is 12.5 Å². The first-order chi connectivity index (χ1) is 10.5. The minimum Gasteiger partial charge on any atom is -0.325 e. The molecule has 1 aliphatic rings. The lowest BCUT2D eigenvalue weighted by Gasteiger charge is -2.07. The summed E-state index contributed by atoms with van der Waals surface area (Å²) in [6.45, 7) is 1.000. The molecule has 2 heterocycles. The van der Waals surface area contributed by atoms with Crippen LogP contribution in [0.5, 0.6) is 0 Å². The highest BCUT2D eigenvalue weighted by molar-refractivity contribution is 7.99. The van der Waals surface area contributed by atoms with Crippen molar-refractivity contribution < 1.29 is 17.2 Å². The number of imidazole rings is 1. The summed E-state index contributed by atoms with van der Waals surface area (Å²) in [4.78, 5) is 3.82. The van der Waals surface area contributed by atoms with Crippen molar-refractivity contribution in [3.05, 3.63) is 41.7 Å². The molecular formula is C13H13F2N3O2S2. The summed E-state index contributed by atoms with van der Waals surface area (Å²) >= 11 is 1.66. The number of nitrogens with zero attached hydrogens (tertiary/aromatic N) is 2. The summed E-state index contributed by atoms with van der Waals surface area (Å²) in [5, 5.41) is 0.933. The van der Waals surface area contributed by atoms with Gasteiger partial charge in [-0.3, -0.25) is 0 Å². The summed E-state index contributed by atoms with van der Waals surface area (Å²) < 4.78 is 54.7. The first-order valence-corrected chi connectivity index (χ1v) is 9.06. The zero-order valence-corrected chi connectivity index (χ0v) is 13.1. The van der Waals surface area contributed by atoms with Gasteiger partial charge in [0.1, 0.15) is 16.5 Å². The topological polar surface area (TPSA) is 64.0 Å². The fourth-order valence-electron chi connectivity index (χ4n) is 2.17. The minimum atomic E-state index is -4.00. The number of halogens is 2. The largest absolute Gasteiger partial charge is 0.325 e. The summed E-state index contributed by atoms with van der Waals surface area (Å²) in [5.74, 6) is -0.926. The Labute approximate surface area is 130 Å². The average Bonchev–Trinajstić information content (AvgIpc) is 2.98. The van der Waals surface area contributed by atoms with Crippen LogP contribution < -0.4 is 4.72 Å². The lowest BCUT2D eigenvalue weighted by molar-refractivity contribution is 0.543. The number of rotatable bonds is 5. The SMILES string of the molecule is O=S(=O)(NCCc1cn2c(n1)SCC2)c1ccc(F)cc1F. The normalized spacial score (nSPS) is 14.3. The van der Waals surface area contributed by atoms with Crippen molar-refractivity contribution in [1.29, 1.82) is 0 Å². The van der Waals surface area contributed by atoms with Gasteiger partial charge in [0.25, 0.3) is 0 Å². The van der Waals surface area contributed by atoms with Crippen LogP contribution in [0.2, 0.25) is 0 Å². The molecule has 1 aromatic carbocycles. The fraction of sp³-hybridized carbons (Fsp3) is 0.308. The minimum absolute atomic E-state index is 0.0975. The van der Waals surface area contributed by atoms with E-state index in [1.165, 1.54) is 0 Å². The van der Waals surface area contributed by atoms with Gasteiger partial charge in [-0.05, 0) is 12.1 Å². The van der Waals surface area contributed by atoms with Crippen LogP contribution in [0.15, 0.2) is 34.4 Å². The molecule has 0 spiro atoms. The molecule has 0 saturated carbocycles. The van der Waals surface area contributed by atoms with Crippen molar-refractivity contribution in [3.8, 4) is 0 Å². The molecule has 1 aliphatic heterocycles. The van der Waals surface area contributed by atoms with E-state index < -0.39 is 26.6 Å². The third-order valence-electron chi connectivity index (χ3n) is 3.21. The van der Waals surface area contributed by atoms with Crippen LogP contribution in [-0.2, 0) is 23.0 Å². The second-order valence-corrected chi connectivity index (χ2v) is 7.58. The zero-order valence-electron chi connectivity index (χ0n) is 11.4. The summed E-state index contributed by atoms with van der Waals surface area (Å²) in [7, 11) is -4.00. The highest BCUT2D eigenvalue weighted by Crippen LogP contribution is 2.24.